The molecule has 1 aliphatic heterocycles. The highest BCUT2D eigenvalue weighted by Crippen LogP contribution is 2.23. The number of nitrogens with zero attached hydrogens (tertiary/aromatic N) is 1. The molecule has 2 amide bonds. The average Bonchev–Trinajstić information content (AvgIpc) is 3.13. The lowest BCUT2D eigenvalue weighted by molar-refractivity contribution is 0.114. The van der Waals surface area contributed by atoms with Gasteiger partial charge in [0.2, 0.25) is 0 Å². The maximum absolute atomic E-state index is 12.0. The van der Waals surface area contributed by atoms with Crippen LogP contribution in [0.5, 0.6) is 0 Å². The Morgan fingerprint density at radius 2 is 2.00 bits per heavy atom. The fraction of sp³-hybridized carbons (Fsp3) is 0.632. The lowest BCUT2D eigenvalue weighted by atomic mass is 10.0. The summed E-state index contributed by atoms with van der Waals surface area (Å²) in [7, 11) is 0. The molecule has 5 heteroatoms. The molecule has 0 saturated carbocycles. The molecule has 1 heterocycles. The minimum atomic E-state index is -0.505. The number of benzene rings is 1. The van der Waals surface area contributed by atoms with Gasteiger partial charge in [0.05, 0.1) is 12.1 Å². The fourth-order valence-electron chi connectivity index (χ4n) is 2.97. The minimum Gasteiger partial charge on any atom is -0.391 e. The second kappa shape index (κ2) is 8.92. The number of carbonyl (C=O) groups is 1. The first-order valence-corrected chi connectivity index (χ1v) is 9.08. The van der Waals surface area contributed by atoms with Gasteiger partial charge in [-0.25, -0.2) is 4.79 Å². The Morgan fingerprint density at radius 3 is 2.67 bits per heavy atom. The van der Waals surface area contributed by atoms with Gasteiger partial charge in [-0.2, -0.15) is 0 Å². The number of carbonyl (C=O) groups excluding carboxylic acids is 1. The second-order valence-electron chi connectivity index (χ2n) is 6.82. The van der Waals surface area contributed by atoms with E-state index in [9.17, 15) is 9.90 Å². The lowest BCUT2D eigenvalue weighted by Crippen LogP contribution is -2.42. The van der Waals surface area contributed by atoms with Crippen LogP contribution < -0.4 is 15.5 Å². The number of urea groups is 1. The molecule has 2 rings (SSSR count). The molecule has 3 N–H and O–H groups in total. The van der Waals surface area contributed by atoms with Crippen LogP contribution in [0.2, 0.25) is 0 Å². The Balaban J connectivity index is 1.86. The van der Waals surface area contributed by atoms with Crippen molar-refractivity contribution in [2.75, 3.05) is 24.5 Å². The Labute approximate surface area is 145 Å². The van der Waals surface area contributed by atoms with Crippen molar-refractivity contribution in [2.24, 2.45) is 5.92 Å². The van der Waals surface area contributed by atoms with Gasteiger partial charge in [-0.1, -0.05) is 32.4 Å². The first-order valence-electron chi connectivity index (χ1n) is 9.08. The van der Waals surface area contributed by atoms with E-state index in [2.05, 4.69) is 27.7 Å². The van der Waals surface area contributed by atoms with Crippen molar-refractivity contribution in [3.05, 3.63) is 29.8 Å². The summed E-state index contributed by atoms with van der Waals surface area (Å²) in [5.41, 5.74) is 2.32. The molecule has 1 saturated heterocycles. The van der Waals surface area contributed by atoms with Crippen LogP contribution >= 0.6 is 0 Å². The summed E-state index contributed by atoms with van der Waals surface area (Å²) in [5.74, 6) is 0.180. The lowest BCUT2D eigenvalue weighted by Gasteiger charge is -2.22. The smallest absolute Gasteiger partial charge is 0.315 e. The predicted molar refractivity (Wildman–Crippen MR) is 98.3 cm³/mol. The van der Waals surface area contributed by atoms with Crippen LogP contribution in [0.3, 0.4) is 0 Å². The molecule has 1 aromatic rings. The molecule has 0 aliphatic carbocycles. The van der Waals surface area contributed by atoms with E-state index in [4.69, 9.17) is 0 Å². The maximum Gasteiger partial charge on any atom is 0.315 e. The van der Waals surface area contributed by atoms with Crippen molar-refractivity contribution in [2.45, 2.75) is 52.2 Å². The summed E-state index contributed by atoms with van der Waals surface area (Å²) in [6.45, 7) is 8.49. The topological polar surface area (TPSA) is 64.6 Å². The highest BCUT2D eigenvalue weighted by atomic mass is 16.3. The molecule has 134 valence electrons. The number of rotatable bonds is 7. The molecule has 3 unspecified atom stereocenters. The minimum absolute atomic E-state index is 0.0757. The van der Waals surface area contributed by atoms with E-state index >= 15 is 0 Å². The van der Waals surface area contributed by atoms with Gasteiger partial charge in [-0.3, -0.25) is 0 Å². The average molecular weight is 333 g/mol. The summed E-state index contributed by atoms with van der Waals surface area (Å²) in [6, 6.07) is 8.06. The molecule has 0 radical (unpaired) electrons. The van der Waals surface area contributed by atoms with Crippen molar-refractivity contribution in [3.8, 4) is 0 Å². The number of anilines is 1. The fourth-order valence-corrected chi connectivity index (χ4v) is 2.97. The Hall–Kier alpha value is -1.75. The number of aliphatic hydroxyl groups is 1. The third-order valence-corrected chi connectivity index (χ3v) is 4.96. The summed E-state index contributed by atoms with van der Waals surface area (Å²) >= 11 is 0. The van der Waals surface area contributed by atoms with Crippen LogP contribution in [0.1, 0.15) is 51.6 Å². The molecule has 24 heavy (non-hydrogen) atoms. The summed E-state index contributed by atoms with van der Waals surface area (Å²) in [6.07, 6.45) is 2.89. The highest BCUT2D eigenvalue weighted by molar-refractivity contribution is 5.74. The molecular formula is C19H31N3O2. The van der Waals surface area contributed by atoms with Crippen LogP contribution in [-0.2, 0) is 0 Å². The van der Waals surface area contributed by atoms with E-state index in [1.807, 2.05) is 32.9 Å². The van der Waals surface area contributed by atoms with Gasteiger partial charge in [0.1, 0.15) is 0 Å². The zero-order chi connectivity index (χ0) is 17.5. The second-order valence-corrected chi connectivity index (χ2v) is 6.82. The number of amides is 2. The van der Waals surface area contributed by atoms with Crippen LogP contribution in [0.25, 0.3) is 0 Å². The molecular weight excluding hydrogens is 302 g/mol. The summed E-state index contributed by atoms with van der Waals surface area (Å²) in [5, 5.41) is 15.6. The van der Waals surface area contributed by atoms with Crippen molar-refractivity contribution in [3.63, 3.8) is 0 Å². The normalized spacial score (nSPS) is 18.1. The third-order valence-electron chi connectivity index (χ3n) is 4.96. The van der Waals surface area contributed by atoms with Crippen LogP contribution in [-0.4, -0.2) is 36.9 Å². The SMILES string of the molecule is CCC(C)C(O)CNC(=O)NC(C)c1cccc(N2CCCC2)c1. The van der Waals surface area contributed by atoms with Crippen molar-refractivity contribution in [1.82, 2.24) is 10.6 Å². The van der Waals surface area contributed by atoms with E-state index in [1.165, 1.54) is 18.5 Å². The molecule has 0 aromatic heterocycles. The molecule has 5 nitrogen and oxygen atoms in total. The quantitative estimate of drug-likeness (QED) is 0.718. The van der Waals surface area contributed by atoms with E-state index < -0.39 is 6.10 Å². The van der Waals surface area contributed by atoms with Gasteiger partial charge in [-0.05, 0) is 43.4 Å². The van der Waals surface area contributed by atoms with Crippen LogP contribution in [0, 0.1) is 5.92 Å². The first kappa shape index (κ1) is 18.6. The number of hydrogen-bond acceptors (Lipinski definition) is 3. The highest BCUT2D eigenvalue weighted by Gasteiger charge is 2.16. The zero-order valence-electron chi connectivity index (χ0n) is 15.1. The molecule has 0 spiro atoms. The van der Waals surface area contributed by atoms with Crippen molar-refractivity contribution in [1.29, 1.82) is 0 Å². The van der Waals surface area contributed by atoms with Gasteiger partial charge in [0, 0.05) is 25.3 Å². The van der Waals surface area contributed by atoms with Crippen LogP contribution in [0.4, 0.5) is 10.5 Å². The largest absolute Gasteiger partial charge is 0.391 e. The van der Waals surface area contributed by atoms with Gasteiger partial charge >= 0.3 is 6.03 Å². The number of aliphatic hydroxyl groups excluding tert-OH is 1. The van der Waals surface area contributed by atoms with Gasteiger partial charge < -0.3 is 20.6 Å². The number of hydrogen-bond donors (Lipinski definition) is 3. The summed E-state index contributed by atoms with van der Waals surface area (Å²) < 4.78 is 0. The first-order chi connectivity index (χ1) is 11.5. The van der Waals surface area contributed by atoms with Crippen molar-refractivity contribution < 1.29 is 9.90 Å². The Bertz CT molecular complexity index is 529. The van der Waals surface area contributed by atoms with E-state index in [0.717, 1.165) is 25.1 Å². The van der Waals surface area contributed by atoms with Crippen LogP contribution in [0.15, 0.2) is 24.3 Å². The zero-order valence-corrected chi connectivity index (χ0v) is 15.1. The van der Waals surface area contributed by atoms with Gasteiger partial charge in [-0.15, -0.1) is 0 Å². The number of nitrogens with one attached hydrogen (secondary N) is 2. The Morgan fingerprint density at radius 1 is 1.29 bits per heavy atom. The predicted octanol–water partition coefficient (Wildman–Crippen LogP) is 3.05. The van der Waals surface area contributed by atoms with Gasteiger partial charge in [0.25, 0.3) is 0 Å². The molecule has 1 aromatic carbocycles. The van der Waals surface area contributed by atoms with E-state index in [1.54, 1.807) is 0 Å². The van der Waals surface area contributed by atoms with Gasteiger partial charge in [0.15, 0.2) is 0 Å². The summed E-state index contributed by atoms with van der Waals surface area (Å²) in [4.78, 5) is 14.4. The molecule has 1 fully saturated rings. The molecule has 3 atom stereocenters. The maximum atomic E-state index is 12.0. The monoisotopic (exact) mass is 333 g/mol. The standard InChI is InChI=1S/C19H31N3O2/c1-4-14(2)18(23)13-20-19(24)21-15(3)16-8-7-9-17(12-16)22-10-5-6-11-22/h7-9,12,14-15,18,23H,4-6,10-11,13H2,1-3H3,(H2,20,21,24). The Kier molecular flexibility index (Phi) is 6.91. The van der Waals surface area contributed by atoms with E-state index in [0.29, 0.717) is 0 Å². The molecule has 0 bridgehead atoms. The molecule has 1 aliphatic rings. The van der Waals surface area contributed by atoms with Crippen molar-refractivity contribution >= 4 is 11.7 Å². The third kappa shape index (κ3) is 5.13. The van der Waals surface area contributed by atoms with E-state index in [-0.39, 0.29) is 24.5 Å².